The van der Waals surface area contributed by atoms with Crippen LogP contribution in [0, 0.1) is 26.6 Å². The van der Waals surface area contributed by atoms with Gasteiger partial charge in [0.2, 0.25) is 0 Å². The minimum Gasteiger partial charge on any atom is -0.476 e. The normalized spacial score (nSPS) is 13.6. The summed E-state index contributed by atoms with van der Waals surface area (Å²) >= 11 is 0. The van der Waals surface area contributed by atoms with Crippen molar-refractivity contribution in [2.24, 2.45) is 5.10 Å². The van der Waals surface area contributed by atoms with Crippen LogP contribution in [0.3, 0.4) is 0 Å². The van der Waals surface area contributed by atoms with Crippen LogP contribution in [0.2, 0.25) is 0 Å². The van der Waals surface area contributed by atoms with E-state index in [0.717, 1.165) is 22.8 Å². The average molecular weight is 592 g/mol. The molecule has 4 aromatic carbocycles. The molecule has 0 N–H and O–H groups in total. The first kappa shape index (κ1) is 20.7. The second kappa shape index (κ2) is 8.05. The number of rotatable bonds is 2. The van der Waals surface area contributed by atoms with Gasteiger partial charge in [0.25, 0.3) is 0 Å². The van der Waals surface area contributed by atoms with E-state index in [2.05, 4.69) is 104 Å². The Morgan fingerprint density at radius 3 is 2.16 bits per heavy atom. The van der Waals surface area contributed by atoms with E-state index < -0.39 is 0 Å². The fourth-order valence-electron chi connectivity index (χ4n) is 4.69. The van der Waals surface area contributed by atoms with Gasteiger partial charge in [-0.05, 0) is 36.6 Å². The van der Waals surface area contributed by atoms with Gasteiger partial charge in [0.15, 0.2) is 0 Å². The molecule has 3 nitrogen and oxygen atoms in total. The summed E-state index contributed by atoms with van der Waals surface area (Å²) in [7, 11) is 0. The molecule has 1 radical (unpaired) electrons. The number of benzene rings is 4. The summed E-state index contributed by atoms with van der Waals surface area (Å²) in [5.41, 5.74) is 10.6. The largest absolute Gasteiger partial charge is 0.476 e. The molecule has 32 heavy (non-hydrogen) atoms. The second-order valence-corrected chi connectivity index (χ2v) is 8.02. The van der Waals surface area contributed by atoms with Crippen molar-refractivity contribution in [2.75, 3.05) is 9.91 Å². The van der Waals surface area contributed by atoms with Crippen molar-refractivity contribution in [3.05, 3.63) is 114 Å². The number of hydrogen-bond acceptors (Lipinski definition) is 3. The van der Waals surface area contributed by atoms with E-state index in [-0.39, 0.29) is 20.1 Å². The zero-order valence-corrected chi connectivity index (χ0v) is 20.2. The van der Waals surface area contributed by atoms with Crippen LogP contribution < -0.4 is 9.91 Å². The van der Waals surface area contributed by atoms with E-state index in [1.54, 1.807) is 0 Å². The molecule has 159 valence electrons. The van der Waals surface area contributed by atoms with Crippen molar-refractivity contribution in [2.45, 2.75) is 13.8 Å². The summed E-state index contributed by atoms with van der Waals surface area (Å²) in [5, 5.41) is 7.07. The van der Waals surface area contributed by atoms with Gasteiger partial charge < -0.3 is 9.91 Å². The Labute approximate surface area is 202 Å². The minimum atomic E-state index is 0. The van der Waals surface area contributed by atoms with Gasteiger partial charge in [-0.3, -0.25) is 0 Å². The predicted molar refractivity (Wildman–Crippen MR) is 128 cm³/mol. The third kappa shape index (κ3) is 3.10. The smallest absolute Gasteiger partial charge is 0.127 e. The third-order valence-corrected chi connectivity index (χ3v) is 6.09. The van der Waals surface area contributed by atoms with Gasteiger partial charge in [0.05, 0.1) is 0 Å². The Balaban J connectivity index is 0.00000216. The van der Waals surface area contributed by atoms with Gasteiger partial charge >= 0.3 is 0 Å². The second-order valence-electron chi connectivity index (χ2n) is 8.02. The first-order valence-corrected chi connectivity index (χ1v) is 10.5. The van der Waals surface area contributed by atoms with Gasteiger partial charge in [-0.15, -0.1) is 12.2 Å². The number of hydrogen-bond donors (Lipinski definition) is 0. The van der Waals surface area contributed by atoms with Crippen molar-refractivity contribution < 1.29 is 20.1 Å². The summed E-state index contributed by atoms with van der Waals surface area (Å²) < 4.78 is 0. The van der Waals surface area contributed by atoms with E-state index in [1.807, 2.05) is 17.1 Å². The molecule has 2 heterocycles. The van der Waals surface area contributed by atoms with Gasteiger partial charge in [0, 0.05) is 36.9 Å². The first-order chi connectivity index (χ1) is 15.2. The Morgan fingerprint density at radius 1 is 0.719 bits per heavy atom. The summed E-state index contributed by atoms with van der Waals surface area (Å²) in [6.07, 6.45) is 0. The van der Waals surface area contributed by atoms with Gasteiger partial charge in [-0.25, -0.2) is 0 Å². The van der Waals surface area contributed by atoms with Gasteiger partial charge in [0.1, 0.15) is 5.84 Å². The molecule has 0 fully saturated rings. The number of anilines is 2. The van der Waals surface area contributed by atoms with Crippen LogP contribution in [0.5, 0.6) is 0 Å². The molecule has 0 amide bonds. The van der Waals surface area contributed by atoms with Gasteiger partial charge in [-0.1, -0.05) is 71.9 Å². The number of nitrogens with zero attached hydrogens (tertiary/aromatic N) is 3. The van der Waals surface area contributed by atoms with Crippen LogP contribution in [-0.4, -0.2) is 5.84 Å². The van der Waals surface area contributed by atoms with Crippen LogP contribution in [-0.2, 0) is 20.1 Å². The van der Waals surface area contributed by atoms with E-state index in [4.69, 9.17) is 5.10 Å². The topological polar surface area (TPSA) is 18.8 Å². The van der Waals surface area contributed by atoms with Crippen molar-refractivity contribution in [3.63, 3.8) is 0 Å². The molecule has 0 aromatic heterocycles. The molecule has 2 aliphatic heterocycles. The molecule has 0 bridgehead atoms. The molecule has 0 unspecified atom stereocenters. The molecule has 0 saturated carbocycles. The number of para-hydroxylation sites is 2. The molecule has 0 saturated heterocycles. The predicted octanol–water partition coefficient (Wildman–Crippen LogP) is 6.56. The molecular weight excluding hydrogens is 571 g/mol. The van der Waals surface area contributed by atoms with Crippen molar-refractivity contribution in [1.29, 1.82) is 0 Å². The maximum Gasteiger partial charge on any atom is 0.127 e. The van der Waals surface area contributed by atoms with Crippen LogP contribution in [0.4, 0.5) is 11.4 Å². The Bertz CT molecular complexity index is 1340. The average Bonchev–Trinajstić information content (AvgIpc) is 3.25. The van der Waals surface area contributed by atoms with Crippen molar-refractivity contribution in [3.8, 4) is 22.3 Å². The summed E-state index contributed by atoms with van der Waals surface area (Å²) in [6, 6.07) is 33.0. The summed E-state index contributed by atoms with van der Waals surface area (Å²) in [5.74, 6) is 0.932. The summed E-state index contributed by atoms with van der Waals surface area (Å²) in [4.78, 5) is 2.15. The fraction of sp³-hybridized carbons (Fsp3) is 0.0714. The van der Waals surface area contributed by atoms with E-state index in [9.17, 15) is 0 Å². The Morgan fingerprint density at radius 2 is 1.38 bits per heavy atom. The summed E-state index contributed by atoms with van der Waals surface area (Å²) in [6.45, 7) is 6.42. The SMILES string of the molecule is Cc1cccc(C)c1-c1ccccc1N1[CH-]N2C(=N1)c1ccccc1-c1ccc[c-]c12.[Ir]. The zero-order valence-electron chi connectivity index (χ0n) is 17.8. The molecule has 0 aliphatic carbocycles. The van der Waals surface area contributed by atoms with Crippen LogP contribution >= 0.6 is 0 Å². The monoisotopic (exact) mass is 592 g/mol. The Hall–Kier alpha value is -3.20. The quantitative estimate of drug-likeness (QED) is 0.246. The first-order valence-electron chi connectivity index (χ1n) is 10.5. The Kier molecular flexibility index (Phi) is 5.20. The maximum atomic E-state index is 5.07. The molecule has 4 heteroatoms. The molecular formula is C28H21IrN3-2. The van der Waals surface area contributed by atoms with Crippen LogP contribution in [0.25, 0.3) is 22.3 Å². The molecule has 2 aliphatic rings. The maximum absolute atomic E-state index is 5.07. The third-order valence-electron chi connectivity index (χ3n) is 6.09. The van der Waals surface area contributed by atoms with Crippen molar-refractivity contribution >= 4 is 17.2 Å². The van der Waals surface area contributed by atoms with Crippen molar-refractivity contribution in [1.82, 2.24) is 0 Å². The van der Waals surface area contributed by atoms with E-state index in [0.29, 0.717) is 0 Å². The number of aryl methyl sites for hydroxylation is 2. The van der Waals surface area contributed by atoms with Crippen LogP contribution in [0.1, 0.15) is 16.7 Å². The number of fused-ring (bicyclic) bond motifs is 6. The number of amidine groups is 1. The fourth-order valence-corrected chi connectivity index (χ4v) is 4.69. The van der Waals surface area contributed by atoms with E-state index in [1.165, 1.54) is 33.4 Å². The minimum absolute atomic E-state index is 0. The zero-order chi connectivity index (χ0) is 20.9. The standard InChI is InChI=1S/C28H21N3.Ir/c1-19-10-9-11-20(2)27(19)24-15-6-8-17-26(24)31-18-30-25-16-7-5-13-22(25)21-12-3-4-14-23(21)28(30)29-31;/h3-15,17-18H,1-2H3;/q-2;. The van der Waals surface area contributed by atoms with Crippen LogP contribution in [0.15, 0.2) is 90.0 Å². The molecule has 6 rings (SSSR count). The van der Waals surface area contributed by atoms with E-state index >= 15 is 0 Å². The number of hydrazone groups is 1. The molecule has 0 spiro atoms. The molecule has 0 atom stereocenters. The van der Waals surface area contributed by atoms with Gasteiger partial charge in [-0.2, -0.15) is 29.4 Å². The molecule has 4 aromatic rings.